The number of hydrogen-bond acceptors (Lipinski definition) is 6. The zero-order valence-corrected chi connectivity index (χ0v) is 18.0. The van der Waals surface area contributed by atoms with Crippen LogP contribution in [0.15, 0.2) is 34.7 Å². The molecule has 0 unspecified atom stereocenters. The van der Waals surface area contributed by atoms with Crippen molar-refractivity contribution < 1.29 is 38.3 Å². The first-order chi connectivity index (χ1) is 15.8. The van der Waals surface area contributed by atoms with Gasteiger partial charge in [-0.3, -0.25) is 19.6 Å². The molecule has 0 bridgehead atoms. The number of carbonyl (C=O) groups is 4. The molecule has 0 aliphatic heterocycles. The highest BCUT2D eigenvalue weighted by molar-refractivity contribution is 5.93. The van der Waals surface area contributed by atoms with Crippen molar-refractivity contribution in [2.45, 2.75) is 32.6 Å². The third-order valence-corrected chi connectivity index (χ3v) is 4.88. The number of benzene rings is 1. The van der Waals surface area contributed by atoms with E-state index in [4.69, 9.17) is 9.52 Å². The largest absolute Gasteiger partial charge is 0.478 e. The molecule has 0 saturated carbocycles. The van der Waals surface area contributed by atoms with Gasteiger partial charge in [0.2, 0.25) is 12.3 Å². The third-order valence-electron chi connectivity index (χ3n) is 4.88. The highest BCUT2D eigenvalue weighted by Crippen LogP contribution is 2.24. The van der Waals surface area contributed by atoms with Crippen LogP contribution in [0.4, 0.5) is 4.39 Å². The number of halogens is 1. The lowest BCUT2D eigenvalue weighted by molar-refractivity contribution is -0.154. The Hall–Kier alpha value is -3.73. The molecule has 0 aliphatic rings. The molecule has 4 N–H and O–H groups in total. The summed E-state index contributed by atoms with van der Waals surface area (Å²) < 4.78 is 19.0. The molecule has 1 heterocycles. The normalized spacial score (nSPS) is 11.5. The number of carboxylic acid groups (broad SMARTS) is 1. The number of nitrogens with one attached hydrogen (secondary N) is 2. The average molecular weight is 463 g/mol. The number of hydroxylamine groups is 2. The number of furan rings is 1. The number of carbonyl (C=O) groups excluding carboxylic acids is 3. The van der Waals surface area contributed by atoms with E-state index >= 15 is 0 Å². The summed E-state index contributed by atoms with van der Waals surface area (Å²) in [5.74, 6) is -3.96. The fourth-order valence-electron chi connectivity index (χ4n) is 3.12. The maximum absolute atomic E-state index is 13.6. The first-order valence-electron chi connectivity index (χ1n) is 10.4. The topological polar surface area (TPSA) is 149 Å². The standard InChI is InChI=1S/C22H26FN3O7/c1-2-3-4-5-15(11-26(32)13-27)20(28)24-12-25-21(29)19-9-8-18(33-19)14-6-7-17(23)16(10-14)22(30)31/h6-10,13,15,32H,2-5,11-12H2,1H3,(H,24,28)(H,25,29)(H,30,31)/t15-/m1/s1. The van der Waals surface area contributed by atoms with Crippen LogP contribution in [0, 0.1) is 11.7 Å². The minimum atomic E-state index is -1.43. The molecule has 1 aromatic heterocycles. The van der Waals surface area contributed by atoms with Crippen LogP contribution in [0.5, 0.6) is 0 Å². The summed E-state index contributed by atoms with van der Waals surface area (Å²) >= 11 is 0. The number of unbranched alkanes of at least 4 members (excludes halogenated alkanes) is 2. The Morgan fingerprint density at radius 2 is 1.94 bits per heavy atom. The van der Waals surface area contributed by atoms with Crippen molar-refractivity contribution >= 4 is 24.2 Å². The van der Waals surface area contributed by atoms with E-state index in [1.165, 1.54) is 18.2 Å². The number of amides is 3. The molecule has 33 heavy (non-hydrogen) atoms. The van der Waals surface area contributed by atoms with Crippen molar-refractivity contribution in [1.82, 2.24) is 15.7 Å². The SMILES string of the molecule is CCCCC[C@H](CN(O)C=O)C(=O)NCNC(=O)c1ccc(-c2ccc(F)c(C(=O)O)c2)o1. The summed E-state index contributed by atoms with van der Waals surface area (Å²) in [6.45, 7) is 1.63. The van der Waals surface area contributed by atoms with Gasteiger partial charge < -0.3 is 20.2 Å². The molecule has 11 heteroatoms. The zero-order valence-electron chi connectivity index (χ0n) is 18.0. The van der Waals surface area contributed by atoms with E-state index in [9.17, 15) is 28.8 Å². The lowest BCUT2D eigenvalue weighted by Gasteiger charge is -2.19. The monoisotopic (exact) mass is 463 g/mol. The van der Waals surface area contributed by atoms with Crippen molar-refractivity contribution in [3.05, 3.63) is 47.5 Å². The van der Waals surface area contributed by atoms with Gasteiger partial charge in [-0.15, -0.1) is 0 Å². The zero-order chi connectivity index (χ0) is 24.4. The molecular formula is C22H26FN3O7. The van der Waals surface area contributed by atoms with E-state index in [1.807, 2.05) is 6.92 Å². The molecule has 2 rings (SSSR count). The van der Waals surface area contributed by atoms with Gasteiger partial charge in [-0.2, -0.15) is 0 Å². The van der Waals surface area contributed by atoms with Crippen LogP contribution in [0.3, 0.4) is 0 Å². The number of carboxylic acids is 1. The summed E-state index contributed by atoms with van der Waals surface area (Å²) in [6, 6.07) is 6.21. The highest BCUT2D eigenvalue weighted by Gasteiger charge is 2.21. The summed E-state index contributed by atoms with van der Waals surface area (Å²) in [5, 5.41) is 23.8. The quantitative estimate of drug-likeness (QED) is 0.117. The number of aromatic carboxylic acids is 1. The Labute approximate surface area is 189 Å². The first-order valence-corrected chi connectivity index (χ1v) is 10.4. The third kappa shape index (κ3) is 7.42. The summed E-state index contributed by atoms with van der Waals surface area (Å²) in [6.07, 6.45) is 3.28. The number of hydrogen-bond donors (Lipinski definition) is 4. The molecule has 0 fully saturated rings. The molecule has 1 aromatic carbocycles. The van der Waals surface area contributed by atoms with Gasteiger partial charge in [-0.1, -0.05) is 26.2 Å². The Morgan fingerprint density at radius 1 is 1.18 bits per heavy atom. The van der Waals surface area contributed by atoms with Gasteiger partial charge in [0.15, 0.2) is 5.76 Å². The lowest BCUT2D eigenvalue weighted by atomic mass is 10.0. The van der Waals surface area contributed by atoms with Gasteiger partial charge in [-0.05, 0) is 36.8 Å². The van der Waals surface area contributed by atoms with E-state index < -0.39 is 35.1 Å². The molecule has 0 spiro atoms. The van der Waals surface area contributed by atoms with Crippen molar-refractivity contribution in [1.29, 1.82) is 0 Å². The fourth-order valence-corrected chi connectivity index (χ4v) is 3.12. The molecule has 2 aromatic rings. The molecule has 1 atom stereocenters. The Kier molecular flexibility index (Phi) is 9.55. The predicted octanol–water partition coefficient (Wildman–Crippen LogP) is 2.63. The predicted molar refractivity (Wildman–Crippen MR) is 114 cm³/mol. The van der Waals surface area contributed by atoms with E-state index in [-0.39, 0.29) is 36.7 Å². The van der Waals surface area contributed by atoms with Gasteiger partial charge in [0.05, 0.1) is 24.7 Å². The Balaban J connectivity index is 1.94. The van der Waals surface area contributed by atoms with Crippen molar-refractivity contribution in [2.24, 2.45) is 5.92 Å². The Bertz CT molecular complexity index is 992. The average Bonchev–Trinajstić information content (AvgIpc) is 3.28. The van der Waals surface area contributed by atoms with E-state index in [0.717, 1.165) is 31.4 Å². The van der Waals surface area contributed by atoms with Crippen LogP contribution in [0.2, 0.25) is 0 Å². The second-order valence-electron chi connectivity index (χ2n) is 7.31. The first kappa shape index (κ1) is 25.5. The van der Waals surface area contributed by atoms with Gasteiger partial charge in [-0.25, -0.2) is 14.2 Å². The maximum Gasteiger partial charge on any atom is 0.338 e. The molecule has 178 valence electrons. The van der Waals surface area contributed by atoms with Crippen LogP contribution in [-0.2, 0) is 9.59 Å². The highest BCUT2D eigenvalue weighted by atomic mass is 19.1. The molecule has 0 saturated heterocycles. The van der Waals surface area contributed by atoms with Crippen molar-refractivity contribution in [3.63, 3.8) is 0 Å². The molecule has 3 amide bonds. The van der Waals surface area contributed by atoms with Crippen LogP contribution in [-0.4, -0.2) is 52.8 Å². The van der Waals surface area contributed by atoms with Gasteiger partial charge in [0.25, 0.3) is 5.91 Å². The number of nitrogens with zero attached hydrogens (tertiary/aromatic N) is 1. The minimum absolute atomic E-state index is 0.0950. The molecule has 10 nitrogen and oxygen atoms in total. The second-order valence-corrected chi connectivity index (χ2v) is 7.31. The van der Waals surface area contributed by atoms with Crippen LogP contribution in [0.1, 0.15) is 53.5 Å². The van der Waals surface area contributed by atoms with Gasteiger partial charge in [0, 0.05) is 5.56 Å². The van der Waals surface area contributed by atoms with Crippen LogP contribution in [0.25, 0.3) is 11.3 Å². The maximum atomic E-state index is 13.6. The summed E-state index contributed by atoms with van der Waals surface area (Å²) in [7, 11) is 0. The second kappa shape index (κ2) is 12.3. The van der Waals surface area contributed by atoms with Crippen LogP contribution < -0.4 is 10.6 Å². The molecule has 0 radical (unpaired) electrons. The van der Waals surface area contributed by atoms with Gasteiger partial charge >= 0.3 is 5.97 Å². The number of rotatable bonds is 13. The molecular weight excluding hydrogens is 437 g/mol. The minimum Gasteiger partial charge on any atom is -0.478 e. The van der Waals surface area contributed by atoms with E-state index in [1.54, 1.807) is 0 Å². The summed E-state index contributed by atoms with van der Waals surface area (Å²) in [5.41, 5.74) is -0.248. The van der Waals surface area contributed by atoms with Crippen molar-refractivity contribution in [2.75, 3.05) is 13.2 Å². The fraction of sp³-hybridized carbons (Fsp3) is 0.364. The molecule has 0 aliphatic carbocycles. The summed E-state index contributed by atoms with van der Waals surface area (Å²) in [4.78, 5) is 46.4. The lowest BCUT2D eigenvalue weighted by Crippen LogP contribution is -2.42. The smallest absolute Gasteiger partial charge is 0.338 e. The Morgan fingerprint density at radius 3 is 2.61 bits per heavy atom. The van der Waals surface area contributed by atoms with E-state index in [2.05, 4.69) is 10.6 Å². The van der Waals surface area contributed by atoms with Crippen molar-refractivity contribution in [3.8, 4) is 11.3 Å². The van der Waals surface area contributed by atoms with Crippen LogP contribution >= 0.6 is 0 Å². The van der Waals surface area contributed by atoms with E-state index in [0.29, 0.717) is 11.5 Å². The van der Waals surface area contributed by atoms with Gasteiger partial charge in [0.1, 0.15) is 11.6 Å².